The second-order valence-corrected chi connectivity index (χ2v) is 9.33. The van der Waals surface area contributed by atoms with Crippen LogP contribution in [0.4, 0.5) is 0 Å². The van der Waals surface area contributed by atoms with E-state index in [9.17, 15) is 8.42 Å². The van der Waals surface area contributed by atoms with Crippen molar-refractivity contribution in [3.05, 3.63) is 48.8 Å². The normalized spacial score (nSPS) is 15.4. The Balaban J connectivity index is 1.55. The van der Waals surface area contributed by atoms with Gasteiger partial charge in [0.25, 0.3) is 10.0 Å². The van der Waals surface area contributed by atoms with Gasteiger partial charge >= 0.3 is 0 Å². The molecule has 1 fully saturated rings. The van der Waals surface area contributed by atoms with Crippen LogP contribution in [0.25, 0.3) is 11.3 Å². The second-order valence-electron chi connectivity index (χ2n) is 7.49. The summed E-state index contributed by atoms with van der Waals surface area (Å²) < 4.78 is 31.9. The lowest BCUT2D eigenvalue weighted by Crippen LogP contribution is -2.41. The summed E-state index contributed by atoms with van der Waals surface area (Å²) in [7, 11) is -1.84. The number of aromatic nitrogens is 5. The maximum absolute atomic E-state index is 13.3. The minimum absolute atomic E-state index is 0.0255. The summed E-state index contributed by atoms with van der Waals surface area (Å²) in [5.74, 6) is 0.684. The van der Waals surface area contributed by atoms with E-state index < -0.39 is 10.0 Å². The van der Waals surface area contributed by atoms with Gasteiger partial charge in [-0.25, -0.2) is 13.4 Å². The van der Waals surface area contributed by atoms with Crippen LogP contribution in [0.5, 0.6) is 0 Å². The SMILES string of the molecule is Cc1nc(S(=O)(=O)N(CCn2ccc(-c3ccncc3)n2)C2CCCC2)cn1C. The summed E-state index contributed by atoms with van der Waals surface area (Å²) in [5.41, 5.74) is 1.84. The molecule has 0 spiro atoms. The largest absolute Gasteiger partial charge is 0.337 e. The molecule has 3 aromatic rings. The van der Waals surface area contributed by atoms with Crippen molar-refractivity contribution in [1.82, 2.24) is 28.6 Å². The first-order valence-corrected chi connectivity index (χ1v) is 11.3. The van der Waals surface area contributed by atoms with Crippen molar-refractivity contribution >= 4 is 10.0 Å². The van der Waals surface area contributed by atoms with Gasteiger partial charge in [-0.2, -0.15) is 9.40 Å². The summed E-state index contributed by atoms with van der Waals surface area (Å²) in [6.45, 7) is 2.68. The van der Waals surface area contributed by atoms with Crippen molar-refractivity contribution < 1.29 is 8.42 Å². The van der Waals surface area contributed by atoms with E-state index >= 15 is 0 Å². The molecular formula is C20H26N6O2S. The third kappa shape index (κ3) is 4.11. The van der Waals surface area contributed by atoms with Crippen molar-refractivity contribution in [2.45, 2.75) is 50.2 Å². The monoisotopic (exact) mass is 414 g/mol. The number of nitrogens with zero attached hydrogens (tertiary/aromatic N) is 6. The molecule has 0 aromatic carbocycles. The minimum atomic E-state index is -3.65. The minimum Gasteiger partial charge on any atom is -0.337 e. The standard InChI is InChI=1S/C20H26N6O2S/c1-16-22-20(15-24(16)2)29(27,28)26(18-5-3-4-6-18)14-13-25-12-9-19(23-25)17-7-10-21-11-8-17/h7-12,15,18H,3-6,13-14H2,1-2H3. The molecule has 4 rings (SSSR count). The van der Waals surface area contributed by atoms with Gasteiger partial charge in [0.1, 0.15) is 5.82 Å². The van der Waals surface area contributed by atoms with E-state index in [1.807, 2.05) is 38.4 Å². The highest BCUT2D eigenvalue weighted by Crippen LogP contribution is 2.28. The molecule has 1 aliphatic carbocycles. The van der Waals surface area contributed by atoms with Crippen molar-refractivity contribution in [1.29, 1.82) is 0 Å². The Hall–Kier alpha value is -2.52. The van der Waals surface area contributed by atoms with Gasteiger partial charge in [-0.05, 0) is 38.0 Å². The molecule has 1 saturated carbocycles. The van der Waals surface area contributed by atoms with Crippen molar-refractivity contribution in [2.24, 2.45) is 7.05 Å². The Morgan fingerprint density at radius 3 is 2.55 bits per heavy atom. The predicted molar refractivity (Wildman–Crippen MR) is 110 cm³/mol. The van der Waals surface area contributed by atoms with Gasteiger partial charge < -0.3 is 4.57 Å². The molecule has 0 aliphatic heterocycles. The molecule has 29 heavy (non-hydrogen) atoms. The van der Waals surface area contributed by atoms with Gasteiger partial charge in [-0.3, -0.25) is 9.67 Å². The summed E-state index contributed by atoms with van der Waals surface area (Å²) in [6.07, 6.45) is 10.9. The molecule has 0 saturated heterocycles. The third-order valence-corrected chi connectivity index (χ3v) is 7.38. The highest BCUT2D eigenvalue weighted by atomic mass is 32.2. The molecule has 0 radical (unpaired) electrons. The number of imidazole rings is 1. The maximum Gasteiger partial charge on any atom is 0.262 e. The summed E-state index contributed by atoms with van der Waals surface area (Å²) in [5, 5.41) is 4.73. The molecule has 1 aliphatic rings. The van der Waals surface area contributed by atoms with Crippen LogP contribution in [-0.4, -0.2) is 49.6 Å². The zero-order valence-corrected chi connectivity index (χ0v) is 17.6. The van der Waals surface area contributed by atoms with Gasteiger partial charge in [0.15, 0.2) is 5.03 Å². The Bertz CT molecular complexity index is 1050. The van der Waals surface area contributed by atoms with E-state index in [1.54, 1.807) is 32.1 Å². The molecule has 9 heteroatoms. The quantitative estimate of drug-likeness (QED) is 0.593. The molecular weight excluding hydrogens is 388 g/mol. The third-order valence-electron chi connectivity index (χ3n) is 5.56. The fourth-order valence-electron chi connectivity index (χ4n) is 3.83. The van der Waals surface area contributed by atoms with E-state index in [4.69, 9.17) is 0 Å². The maximum atomic E-state index is 13.3. The zero-order valence-electron chi connectivity index (χ0n) is 16.8. The number of aryl methyl sites for hydroxylation is 2. The first-order chi connectivity index (χ1) is 13.9. The lowest BCUT2D eigenvalue weighted by Gasteiger charge is -2.27. The average Bonchev–Trinajstić information content (AvgIpc) is 3.46. The van der Waals surface area contributed by atoms with Gasteiger partial charge in [0, 0.05) is 50.0 Å². The number of hydrogen-bond donors (Lipinski definition) is 0. The fraction of sp³-hybridized carbons (Fsp3) is 0.450. The summed E-state index contributed by atoms with van der Waals surface area (Å²) in [6, 6.07) is 5.78. The number of hydrogen-bond acceptors (Lipinski definition) is 5. The van der Waals surface area contributed by atoms with Crippen LogP contribution in [0.3, 0.4) is 0 Å². The van der Waals surface area contributed by atoms with Crippen LogP contribution in [-0.2, 0) is 23.6 Å². The zero-order chi connectivity index (χ0) is 20.4. The topological polar surface area (TPSA) is 85.9 Å². The molecule has 0 bridgehead atoms. The second kappa shape index (κ2) is 8.08. The Kier molecular flexibility index (Phi) is 5.51. The van der Waals surface area contributed by atoms with Crippen molar-refractivity contribution in [2.75, 3.05) is 6.54 Å². The van der Waals surface area contributed by atoms with E-state index in [0.717, 1.165) is 36.9 Å². The van der Waals surface area contributed by atoms with E-state index in [0.29, 0.717) is 18.9 Å². The van der Waals surface area contributed by atoms with Crippen LogP contribution >= 0.6 is 0 Å². The molecule has 0 N–H and O–H groups in total. The van der Waals surface area contributed by atoms with Gasteiger partial charge in [0.05, 0.1) is 12.2 Å². The van der Waals surface area contributed by atoms with E-state index in [1.165, 1.54) is 0 Å². The molecule has 0 unspecified atom stereocenters. The first kappa shape index (κ1) is 19.8. The Morgan fingerprint density at radius 2 is 1.90 bits per heavy atom. The highest BCUT2D eigenvalue weighted by Gasteiger charge is 2.34. The van der Waals surface area contributed by atoms with Crippen LogP contribution in [0.15, 0.2) is 48.0 Å². The summed E-state index contributed by atoms with van der Waals surface area (Å²) in [4.78, 5) is 8.31. The van der Waals surface area contributed by atoms with Crippen LogP contribution in [0.1, 0.15) is 31.5 Å². The lowest BCUT2D eigenvalue weighted by molar-refractivity contribution is 0.305. The first-order valence-electron chi connectivity index (χ1n) is 9.91. The fourth-order valence-corrected chi connectivity index (χ4v) is 5.53. The van der Waals surface area contributed by atoms with E-state index in [2.05, 4.69) is 15.1 Å². The molecule has 3 heterocycles. The number of pyridine rings is 1. The molecule has 0 amide bonds. The lowest BCUT2D eigenvalue weighted by atomic mass is 10.2. The number of sulfonamides is 1. The number of rotatable bonds is 7. The van der Waals surface area contributed by atoms with Gasteiger partial charge in [-0.1, -0.05) is 12.8 Å². The van der Waals surface area contributed by atoms with Gasteiger partial charge in [0.2, 0.25) is 0 Å². The van der Waals surface area contributed by atoms with Crippen LogP contribution in [0, 0.1) is 6.92 Å². The average molecular weight is 415 g/mol. The molecule has 3 aromatic heterocycles. The van der Waals surface area contributed by atoms with Crippen LogP contribution < -0.4 is 0 Å². The predicted octanol–water partition coefficient (Wildman–Crippen LogP) is 2.62. The smallest absolute Gasteiger partial charge is 0.262 e. The van der Waals surface area contributed by atoms with E-state index in [-0.39, 0.29) is 11.1 Å². The van der Waals surface area contributed by atoms with Gasteiger partial charge in [-0.15, -0.1) is 0 Å². The molecule has 0 atom stereocenters. The molecule has 8 nitrogen and oxygen atoms in total. The molecule has 154 valence electrons. The van der Waals surface area contributed by atoms with Crippen molar-refractivity contribution in [3.8, 4) is 11.3 Å². The summed E-state index contributed by atoms with van der Waals surface area (Å²) >= 11 is 0. The Morgan fingerprint density at radius 1 is 1.17 bits per heavy atom. The van der Waals surface area contributed by atoms with Crippen LogP contribution in [0.2, 0.25) is 0 Å². The van der Waals surface area contributed by atoms with Crippen molar-refractivity contribution in [3.63, 3.8) is 0 Å². The highest BCUT2D eigenvalue weighted by molar-refractivity contribution is 7.89. The Labute approximate surface area is 171 Å².